The van der Waals surface area contributed by atoms with Crippen molar-refractivity contribution in [1.82, 2.24) is 4.90 Å². The van der Waals surface area contributed by atoms with Crippen molar-refractivity contribution in [2.75, 3.05) is 13.1 Å². The van der Waals surface area contributed by atoms with Gasteiger partial charge in [-0.05, 0) is 31.1 Å². The summed E-state index contributed by atoms with van der Waals surface area (Å²) in [7, 11) is 0. The molecule has 0 bridgehead atoms. The molecule has 1 aliphatic carbocycles. The van der Waals surface area contributed by atoms with E-state index in [2.05, 4.69) is 6.19 Å². The summed E-state index contributed by atoms with van der Waals surface area (Å²) in [5.41, 5.74) is 0.688. The Morgan fingerprint density at radius 1 is 1.08 bits per heavy atom. The van der Waals surface area contributed by atoms with Crippen LogP contribution in [-0.4, -0.2) is 18.0 Å². The van der Waals surface area contributed by atoms with E-state index in [4.69, 9.17) is 5.26 Å². The second-order valence-electron chi connectivity index (χ2n) is 3.94. The molecule has 1 aliphatic heterocycles. The van der Waals surface area contributed by atoms with Gasteiger partial charge in [0, 0.05) is 13.1 Å². The summed E-state index contributed by atoms with van der Waals surface area (Å²) < 4.78 is 0. The highest BCUT2D eigenvalue weighted by Gasteiger charge is 2.39. The van der Waals surface area contributed by atoms with E-state index in [9.17, 15) is 0 Å². The molecule has 1 heterocycles. The number of piperidine rings is 1. The van der Waals surface area contributed by atoms with Crippen molar-refractivity contribution >= 4 is 0 Å². The van der Waals surface area contributed by atoms with E-state index in [0.717, 1.165) is 13.1 Å². The van der Waals surface area contributed by atoms with Gasteiger partial charge in [0.05, 0.1) is 0 Å². The van der Waals surface area contributed by atoms with Crippen LogP contribution in [0.4, 0.5) is 0 Å². The van der Waals surface area contributed by atoms with Crippen molar-refractivity contribution in [3.8, 4) is 6.19 Å². The van der Waals surface area contributed by atoms with Gasteiger partial charge in [-0.25, -0.2) is 0 Å². The van der Waals surface area contributed by atoms with E-state index in [1.165, 1.54) is 32.1 Å². The predicted molar refractivity (Wildman–Crippen MR) is 54.1 cm³/mol. The SMILES string of the molecule is CC.N#CN1CCC2(CCC2)CC1. The molecule has 1 spiro atoms. The fourth-order valence-corrected chi connectivity index (χ4v) is 2.26. The van der Waals surface area contributed by atoms with Gasteiger partial charge >= 0.3 is 0 Å². The van der Waals surface area contributed by atoms with Gasteiger partial charge in [-0.3, -0.25) is 0 Å². The van der Waals surface area contributed by atoms with Crippen LogP contribution in [0.1, 0.15) is 46.0 Å². The topological polar surface area (TPSA) is 27.0 Å². The predicted octanol–water partition coefficient (Wildman–Crippen LogP) is 2.76. The van der Waals surface area contributed by atoms with E-state index in [-0.39, 0.29) is 0 Å². The van der Waals surface area contributed by atoms with Crippen LogP contribution < -0.4 is 0 Å². The molecule has 0 aromatic rings. The van der Waals surface area contributed by atoms with Gasteiger partial charge < -0.3 is 4.90 Å². The first-order valence-corrected chi connectivity index (χ1v) is 5.49. The molecule has 2 nitrogen and oxygen atoms in total. The maximum absolute atomic E-state index is 8.63. The standard InChI is InChI=1S/C9H14N2.C2H6/c10-8-11-6-4-9(5-7-11)2-1-3-9;1-2/h1-7H2;1-2H3. The summed E-state index contributed by atoms with van der Waals surface area (Å²) in [5.74, 6) is 0. The third-order valence-electron chi connectivity index (χ3n) is 3.38. The first-order chi connectivity index (χ1) is 6.35. The number of hydrogen-bond donors (Lipinski definition) is 0. The molecular weight excluding hydrogens is 160 g/mol. The van der Waals surface area contributed by atoms with Gasteiger partial charge in [-0.15, -0.1) is 0 Å². The normalized spacial score (nSPS) is 23.9. The average Bonchev–Trinajstić information content (AvgIpc) is 2.19. The van der Waals surface area contributed by atoms with E-state index < -0.39 is 0 Å². The summed E-state index contributed by atoms with van der Waals surface area (Å²) >= 11 is 0. The molecule has 2 fully saturated rings. The Morgan fingerprint density at radius 3 is 1.92 bits per heavy atom. The summed E-state index contributed by atoms with van der Waals surface area (Å²) in [5, 5.41) is 8.63. The van der Waals surface area contributed by atoms with Gasteiger partial charge in [0.2, 0.25) is 0 Å². The smallest absolute Gasteiger partial charge is 0.179 e. The van der Waals surface area contributed by atoms with Gasteiger partial charge in [0.15, 0.2) is 6.19 Å². The fourth-order valence-electron chi connectivity index (χ4n) is 2.26. The first-order valence-electron chi connectivity index (χ1n) is 5.49. The van der Waals surface area contributed by atoms with Crippen LogP contribution in [-0.2, 0) is 0 Å². The molecule has 13 heavy (non-hydrogen) atoms. The van der Waals surface area contributed by atoms with E-state index >= 15 is 0 Å². The minimum atomic E-state index is 0.688. The quantitative estimate of drug-likeness (QED) is 0.536. The lowest BCUT2D eigenvalue weighted by atomic mass is 9.63. The molecule has 2 heteroatoms. The Morgan fingerprint density at radius 2 is 1.62 bits per heavy atom. The number of likely N-dealkylation sites (tertiary alicyclic amines) is 1. The molecule has 2 rings (SSSR count). The van der Waals surface area contributed by atoms with Gasteiger partial charge in [0.25, 0.3) is 0 Å². The molecule has 0 atom stereocenters. The molecule has 2 aliphatic rings. The molecule has 0 unspecified atom stereocenters. The van der Waals surface area contributed by atoms with Crippen molar-refractivity contribution in [2.45, 2.75) is 46.0 Å². The summed E-state index contributed by atoms with van der Waals surface area (Å²) in [6.45, 7) is 6.02. The Hall–Kier alpha value is -0.710. The van der Waals surface area contributed by atoms with Crippen LogP contribution in [0.3, 0.4) is 0 Å². The summed E-state index contributed by atoms with van der Waals surface area (Å²) in [4.78, 5) is 1.89. The first kappa shape index (κ1) is 10.4. The minimum absolute atomic E-state index is 0.688. The summed E-state index contributed by atoms with van der Waals surface area (Å²) in [6.07, 6.45) is 9.02. The van der Waals surface area contributed by atoms with Gasteiger partial charge in [-0.2, -0.15) is 5.26 Å². The number of nitriles is 1. The van der Waals surface area contributed by atoms with Crippen molar-refractivity contribution < 1.29 is 0 Å². The maximum atomic E-state index is 8.63. The lowest BCUT2D eigenvalue weighted by Crippen LogP contribution is -2.41. The number of hydrogen-bond acceptors (Lipinski definition) is 2. The highest BCUT2D eigenvalue weighted by Crippen LogP contribution is 2.48. The molecule has 0 aromatic carbocycles. The Bertz CT molecular complexity index is 179. The van der Waals surface area contributed by atoms with E-state index in [1.807, 2.05) is 18.7 Å². The zero-order valence-electron chi connectivity index (χ0n) is 8.84. The molecule has 0 N–H and O–H groups in total. The van der Waals surface area contributed by atoms with Crippen molar-refractivity contribution in [3.05, 3.63) is 0 Å². The van der Waals surface area contributed by atoms with Crippen molar-refractivity contribution in [1.29, 1.82) is 5.26 Å². The minimum Gasteiger partial charge on any atom is -0.311 e. The second kappa shape index (κ2) is 4.50. The van der Waals surface area contributed by atoms with Crippen molar-refractivity contribution in [3.63, 3.8) is 0 Å². The highest BCUT2D eigenvalue weighted by atomic mass is 15.1. The molecular formula is C11H20N2. The highest BCUT2D eigenvalue weighted by molar-refractivity contribution is 4.94. The molecule has 0 amide bonds. The number of nitrogens with zero attached hydrogens (tertiary/aromatic N) is 2. The lowest BCUT2D eigenvalue weighted by Gasteiger charge is -2.46. The largest absolute Gasteiger partial charge is 0.311 e. The van der Waals surface area contributed by atoms with Crippen molar-refractivity contribution in [2.24, 2.45) is 5.41 Å². The number of rotatable bonds is 0. The Balaban J connectivity index is 0.000000396. The van der Waals surface area contributed by atoms with Crippen LogP contribution in [0.25, 0.3) is 0 Å². The molecule has 0 radical (unpaired) electrons. The molecule has 1 saturated carbocycles. The molecule has 1 saturated heterocycles. The zero-order valence-corrected chi connectivity index (χ0v) is 8.84. The van der Waals surface area contributed by atoms with Crippen LogP contribution in [0.5, 0.6) is 0 Å². The Labute approximate surface area is 81.5 Å². The van der Waals surface area contributed by atoms with E-state index in [0.29, 0.717) is 5.41 Å². The monoisotopic (exact) mass is 180 g/mol. The maximum Gasteiger partial charge on any atom is 0.179 e. The van der Waals surface area contributed by atoms with Crippen LogP contribution in [0.2, 0.25) is 0 Å². The Kier molecular flexibility index (Phi) is 3.59. The molecule has 74 valence electrons. The zero-order chi connectivity index (χ0) is 9.73. The van der Waals surface area contributed by atoms with E-state index in [1.54, 1.807) is 0 Å². The third-order valence-corrected chi connectivity index (χ3v) is 3.38. The summed E-state index contributed by atoms with van der Waals surface area (Å²) in [6, 6.07) is 0. The van der Waals surface area contributed by atoms with Gasteiger partial charge in [0.1, 0.15) is 0 Å². The fraction of sp³-hybridized carbons (Fsp3) is 0.909. The second-order valence-corrected chi connectivity index (χ2v) is 3.94. The lowest BCUT2D eigenvalue weighted by molar-refractivity contribution is 0.0531. The van der Waals surface area contributed by atoms with Crippen LogP contribution in [0.15, 0.2) is 0 Å². The van der Waals surface area contributed by atoms with Gasteiger partial charge in [-0.1, -0.05) is 20.3 Å². The van der Waals surface area contributed by atoms with Crippen LogP contribution >= 0.6 is 0 Å². The van der Waals surface area contributed by atoms with Crippen LogP contribution in [0, 0.1) is 16.9 Å². The molecule has 0 aromatic heterocycles. The average molecular weight is 180 g/mol. The third kappa shape index (κ3) is 2.15.